The summed E-state index contributed by atoms with van der Waals surface area (Å²) in [5.41, 5.74) is -2.15. The van der Waals surface area contributed by atoms with E-state index < -0.39 is 36.1 Å². The molecule has 0 saturated carbocycles. The second-order valence-electron chi connectivity index (χ2n) is 11.4. The van der Waals surface area contributed by atoms with Crippen LogP contribution in [0, 0.1) is 6.92 Å². The summed E-state index contributed by atoms with van der Waals surface area (Å²) in [6, 6.07) is 21.3. The lowest BCUT2D eigenvalue weighted by molar-refractivity contribution is -0.144. The monoisotopic (exact) mass is 572 g/mol. The van der Waals surface area contributed by atoms with Gasteiger partial charge in [0, 0.05) is 18.0 Å². The molecule has 0 fully saturated rings. The van der Waals surface area contributed by atoms with Gasteiger partial charge >= 0.3 is 20.0 Å². The Balaban J connectivity index is 1.68. The van der Waals surface area contributed by atoms with E-state index in [-0.39, 0.29) is 0 Å². The first-order valence-corrected chi connectivity index (χ1v) is 15.8. The molecule has 0 radical (unpaired) electrons. The number of carbonyl (C=O) groups is 1. The van der Waals surface area contributed by atoms with Crippen molar-refractivity contribution in [2.45, 2.75) is 52.1 Å². The minimum atomic E-state index is -3.27. The predicted octanol–water partition coefficient (Wildman–Crippen LogP) is 4.08. The van der Waals surface area contributed by atoms with Crippen molar-refractivity contribution >= 4 is 46.2 Å². The van der Waals surface area contributed by atoms with E-state index in [1.165, 1.54) is 11.3 Å². The molecule has 0 amide bonds. The molecule has 0 aliphatic carbocycles. The Morgan fingerprint density at radius 1 is 0.925 bits per heavy atom. The van der Waals surface area contributed by atoms with Crippen LogP contribution in [0.2, 0.25) is 5.04 Å². The lowest BCUT2D eigenvalue weighted by Crippen LogP contribution is -2.69. The van der Waals surface area contributed by atoms with Gasteiger partial charge in [0.2, 0.25) is 0 Å². The molecule has 5 rings (SSSR count). The zero-order valence-corrected chi connectivity index (χ0v) is 25.2. The number of H-pyrrole nitrogens is 1. The van der Waals surface area contributed by atoms with E-state index in [2.05, 4.69) is 30.9 Å². The van der Waals surface area contributed by atoms with E-state index in [1.54, 1.807) is 37.0 Å². The smallest absolute Gasteiger partial charge is 0.330 e. The van der Waals surface area contributed by atoms with Gasteiger partial charge in [0.25, 0.3) is 5.56 Å². The molecule has 0 bridgehead atoms. The second-order valence-corrected chi connectivity index (χ2v) is 16.6. The van der Waals surface area contributed by atoms with Crippen molar-refractivity contribution in [2.24, 2.45) is 0 Å². The number of rotatable bonds is 6. The second kappa shape index (κ2) is 9.87. The van der Waals surface area contributed by atoms with Gasteiger partial charge in [-0.15, -0.1) is 0 Å². The van der Waals surface area contributed by atoms with E-state index in [4.69, 9.17) is 4.43 Å². The van der Waals surface area contributed by atoms with E-state index in [0.29, 0.717) is 15.8 Å². The van der Waals surface area contributed by atoms with Crippen molar-refractivity contribution < 1.29 is 9.22 Å². The largest absolute Gasteiger partial charge is 0.508 e. The van der Waals surface area contributed by atoms with Crippen molar-refractivity contribution in [3.8, 4) is 5.00 Å². The quantitative estimate of drug-likeness (QED) is 0.309. The van der Waals surface area contributed by atoms with E-state index in [9.17, 15) is 14.4 Å². The number of aromatic amines is 1. The number of fused-ring (bicyclic) bond motifs is 1. The molecule has 206 valence electrons. The molecule has 8 nitrogen and oxygen atoms in total. The molecule has 5 aromatic rings. The van der Waals surface area contributed by atoms with Gasteiger partial charge in [-0.1, -0.05) is 92.8 Å². The fourth-order valence-corrected chi connectivity index (χ4v) is 10.9. The first kappa shape index (κ1) is 27.5. The maximum absolute atomic E-state index is 14.3. The molecule has 0 aliphatic heterocycles. The Labute approximate surface area is 237 Å². The summed E-state index contributed by atoms with van der Waals surface area (Å²) in [6.07, 6.45) is 3.42. The van der Waals surface area contributed by atoms with Crippen molar-refractivity contribution in [1.82, 2.24) is 19.3 Å². The van der Waals surface area contributed by atoms with Crippen LogP contribution in [0.5, 0.6) is 0 Å². The van der Waals surface area contributed by atoms with Crippen molar-refractivity contribution in [2.75, 3.05) is 0 Å². The van der Waals surface area contributed by atoms with Gasteiger partial charge in [0.1, 0.15) is 15.4 Å². The molecule has 3 heterocycles. The standard InChI is InChI=1S/C30H32N4O4SSi/c1-20-23-24(39-26(20)33-19-13-18-31-33)32-28(37)34(25(23)35)30(5,6)27(36)38-40(29(2,3)4,21-14-9-7-10-15-21)22-16-11-8-12-17-22/h7-19H,1-6H3,(H,32,37). The number of nitrogens with zero attached hydrogens (tertiary/aromatic N) is 3. The van der Waals surface area contributed by atoms with Gasteiger partial charge in [-0.25, -0.2) is 14.0 Å². The highest BCUT2D eigenvalue weighted by Gasteiger charge is 2.55. The number of carbonyl (C=O) groups excluding carboxylic acids is 1. The number of benzene rings is 2. The third-order valence-electron chi connectivity index (χ3n) is 7.40. The summed E-state index contributed by atoms with van der Waals surface area (Å²) >= 11 is 1.27. The van der Waals surface area contributed by atoms with E-state index in [1.807, 2.05) is 67.6 Å². The molecular weight excluding hydrogens is 541 g/mol. The van der Waals surface area contributed by atoms with Crippen LogP contribution in [-0.4, -0.2) is 33.6 Å². The van der Waals surface area contributed by atoms with Crippen molar-refractivity contribution in [3.05, 3.63) is 106 Å². The predicted molar refractivity (Wildman–Crippen MR) is 162 cm³/mol. The fraction of sp³-hybridized carbons (Fsp3) is 0.267. The van der Waals surface area contributed by atoms with Gasteiger partial charge in [-0.2, -0.15) is 5.10 Å². The molecule has 0 unspecified atom stereocenters. The van der Waals surface area contributed by atoms with Crippen molar-refractivity contribution in [1.29, 1.82) is 0 Å². The van der Waals surface area contributed by atoms with Crippen LogP contribution in [-0.2, 0) is 14.8 Å². The molecule has 0 aliphatic rings. The number of aromatic nitrogens is 4. The third-order valence-corrected chi connectivity index (χ3v) is 13.5. The third kappa shape index (κ3) is 4.27. The van der Waals surface area contributed by atoms with Crippen LogP contribution in [0.15, 0.2) is 88.7 Å². The minimum absolute atomic E-state index is 0.349. The fourth-order valence-electron chi connectivity index (χ4n) is 5.32. The Morgan fingerprint density at radius 2 is 1.50 bits per heavy atom. The molecular formula is C30H32N4O4SSi. The Kier molecular flexibility index (Phi) is 6.79. The average Bonchev–Trinajstić information content (AvgIpc) is 3.55. The van der Waals surface area contributed by atoms with Gasteiger partial charge in [-0.05, 0) is 42.2 Å². The summed E-state index contributed by atoms with van der Waals surface area (Å²) < 4.78 is 9.33. The van der Waals surface area contributed by atoms with Gasteiger partial charge in [0.05, 0.1) is 5.39 Å². The zero-order valence-electron chi connectivity index (χ0n) is 23.4. The van der Waals surface area contributed by atoms with Crippen LogP contribution in [0.25, 0.3) is 15.2 Å². The Hall–Kier alpha value is -4.02. The topological polar surface area (TPSA) is 99.0 Å². The van der Waals surface area contributed by atoms with E-state index in [0.717, 1.165) is 19.9 Å². The molecule has 1 N–H and O–H groups in total. The SMILES string of the molecule is Cc1c(-n2cccn2)sc2[nH]c(=O)n(C(C)(C)C(=O)O[Si](c3ccccc3)(c3ccccc3)C(C)(C)C)c(=O)c12. The molecule has 2 aromatic carbocycles. The molecule has 3 aromatic heterocycles. The van der Waals surface area contributed by atoms with Crippen LogP contribution in [0.1, 0.15) is 40.2 Å². The molecule has 10 heteroatoms. The zero-order chi connectivity index (χ0) is 28.9. The van der Waals surface area contributed by atoms with Crippen LogP contribution in [0.4, 0.5) is 0 Å². The van der Waals surface area contributed by atoms with Crippen LogP contribution < -0.4 is 21.6 Å². The lowest BCUT2D eigenvalue weighted by Gasteiger charge is -2.43. The highest BCUT2D eigenvalue weighted by atomic mass is 32.1. The van der Waals surface area contributed by atoms with Gasteiger partial charge in [0.15, 0.2) is 0 Å². The Bertz CT molecular complexity index is 1760. The molecule has 0 spiro atoms. The summed E-state index contributed by atoms with van der Waals surface area (Å²) in [7, 11) is -3.27. The molecule has 40 heavy (non-hydrogen) atoms. The summed E-state index contributed by atoms with van der Waals surface area (Å²) in [5.74, 6) is -0.645. The summed E-state index contributed by atoms with van der Waals surface area (Å²) in [5, 5.41) is 6.72. The number of nitrogens with one attached hydrogen (secondary N) is 1. The lowest BCUT2D eigenvalue weighted by atomic mass is 10.1. The van der Waals surface area contributed by atoms with Gasteiger partial charge < -0.3 is 4.43 Å². The molecule has 0 saturated heterocycles. The maximum atomic E-state index is 14.3. The highest BCUT2D eigenvalue weighted by Crippen LogP contribution is 2.38. The van der Waals surface area contributed by atoms with E-state index >= 15 is 0 Å². The first-order valence-electron chi connectivity index (χ1n) is 13.0. The number of hydrogen-bond acceptors (Lipinski definition) is 6. The Morgan fingerprint density at radius 3 is 2.00 bits per heavy atom. The highest BCUT2D eigenvalue weighted by molar-refractivity contribution is 7.21. The van der Waals surface area contributed by atoms with Crippen LogP contribution >= 0.6 is 11.3 Å². The molecule has 0 atom stereocenters. The normalized spacial score (nSPS) is 12.6. The average molecular weight is 573 g/mol. The summed E-state index contributed by atoms with van der Waals surface area (Å²) in [4.78, 5) is 44.9. The minimum Gasteiger partial charge on any atom is -0.508 e. The van der Waals surface area contributed by atoms with Crippen molar-refractivity contribution in [3.63, 3.8) is 0 Å². The summed E-state index contributed by atoms with van der Waals surface area (Å²) in [6.45, 7) is 11.1. The first-order chi connectivity index (χ1) is 18.9. The van der Waals surface area contributed by atoms with Gasteiger partial charge in [-0.3, -0.25) is 14.6 Å². The number of thiophene rings is 1. The number of hydrogen-bond donors (Lipinski definition) is 1. The van der Waals surface area contributed by atoms with Crippen LogP contribution in [0.3, 0.4) is 0 Å². The number of aryl methyl sites for hydroxylation is 1. The maximum Gasteiger partial charge on any atom is 0.330 e.